The van der Waals surface area contributed by atoms with Gasteiger partial charge < -0.3 is 10.2 Å². The van der Waals surface area contributed by atoms with Crippen LogP contribution in [0.15, 0.2) is 48.5 Å². The first-order valence-corrected chi connectivity index (χ1v) is 12.0. The lowest BCUT2D eigenvalue weighted by Crippen LogP contribution is -2.46. The van der Waals surface area contributed by atoms with Crippen LogP contribution in [0.3, 0.4) is 0 Å². The molecule has 180 valence electrons. The van der Waals surface area contributed by atoms with Gasteiger partial charge in [-0.3, -0.25) is 9.59 Å². The van der Waals surface area contributed by atoms with Gasteiger partial charge in [-0.05, 0) is 75.1 Å². The second-order valence-corrected chi connectivity index (χ2v) is 9.15. The smallest absolute Gasteiger partial charge is 0.251 e. The van der Waals surface area contributed by atoms with Gasteiger partial charge >= 0.3 is 0 Å². The minimum Gasteiger partial charge on any atom is -0.349 e. The van der Waals surface area contributed by atoms with Gasteiger partial charge in [0.05, 0.1) is 5.52 Å². The van der Waals surface area contributed by atoms with Crippen molar-refractivity contribution in [1.82, 2.24) is 24.8 Å². The molecule has 1 aliphatic rings. The average Bonchev–Trinajstić information content (AvgIpc) is 3.23. The van der Waals surface area contributed by atoms with Gasteiger partial charge in [0.25, 0.3) is 5.91 Å². The van der Waals surface area contributed by atoms with Crippen LogP contribution in [0.25, 0.3) is 16.6 Å². The van der Waals surface area contributed by atoms with Crippen LogP contribution in [-0.2, 0) is 11.2 Å². The molecule has 0 spiro atoms. The standard InChI is InChI=1S/C27H28FN5O2/c1-17-22(18(2)33-26(29-17)23-5-3-4-6-24(23)31-33)11-12-25(34)32-15-13-21(14-16-32)30-27(35)19-7-9-20(28)10-8-19/h3-10,21H,11-16H2,1-2H3,(H,30,35). The maximum absolute atomic E-state index is 13.1. The van der Waals surface area contributed by atoms with Crippen molar-refractivity contribution in [3.8, 4) is 0 Å². The number of benzene rings is 2. The van der Waals surface area contributed by atoms with Crippen molar-refractivity contribution in [3.05, 3.63) is 76.9 Å². The molecule has 8 heteroatoms. The van der Waals surface area contributed by atoms with Gasteiger partial charge in [0.1, 0.15) is 5.82 Å². The molecular formula is C27H28FN5O2. The Morgan fingerprint density at radius 2 is 1.77 bits per heavy atom. The van der Waals surface area contributed by atoms with Crippen molar-refractivity contribution in [1.29, 1.82) is 0 Å². The first-order chi connectivity index (χ1) is 16.9. The summed E-state index contributed by atoms with van der Waals surface area (Å²) in [4.78, 5) is 32.0. The SMILES string of the molecule is Cc1nc2c3ccccc3nn2c(C)c1CCC(=O)N1CCC(NC(=O)c2ccc(F)cc2)CC1. The van der Waals surface area contributed by atoms with Crippen LogP contribution in [0.5, 0.6) is 0 Å². The summed E-state index contributed by atoms with van der Waals surface area (Å²) in [5.74, 6) is -0.472. The Kier molecular flexibility index (Phi) is 6.19. The lowest BCUT2D eigenvalue weighted by molar-refractivity contribution is -0.132. The Balaban J connectivity index is 1.18. The van der Waals surface area contributed by atoms with Crippen LogP contribution in [0.1, 0.15) is 46.6 Å². The van der Waals surface area contributed by atoms with Gasteiger partial charge in [-0.2, -0.15) is 5.10 Å². The predicted octanol–water partition coefficient (Wildman–Crippen LogP) is 3.99. The molecule has 2 amide bonds. The van der Waals surface area contributed by atoms with Crippen molar-refractivity contribution in [2.24, 2.45) is 0 Å². The van der Waals surface area contributed by atoms with E-state index in [0.717, 1.165) is 33.5 Å². The molecule has 0 bridgehead atoms. The van der Waals surface area contributed by atoms with E-state index in [1.165, 1.54) is 24.3 Å². The molecular weight excluding hydrogens is 445 g/mol. The number of hydrogen-bond acceptors (Lipinski definition) is 4. The van der Waals surface area contributed by atoms with Gasteiger partial charge in [-0.25, -0.2) is 13.9 Å². The Labute approximate surface area is 203 Å². The first-order valence-electron chi connectivity index (χ1n) is 12.0. The van der Waals surface area contributed by atoms with E-state index in [9.17, 15) is 14.0 Å². The van der Waals surface area contributed by atoms with E-state index in [1.807, 2.05) is 47.5 Å². The van der Waals surface area contributed by atoms with Gasteiger partial charge in [0.2, 0.25) is 5.91 Å². The van der Waals surface area contributed by atoms with Gasteiger partial charge in [-0.15, -0.1) is 0 Å². The summed E-state index contributed by atoms with van der Waals surface area (Å²) >= 11 is 0. The molecule has 0 unspecified atom stereocenters. The third-order valence-electron chi connectivity index (χ3n) is 6.90. The highest BCUT2D eigenvalue weighted by molar-refractivity contribution is 5.94. The number of nitrogens with zero attached hydrogens (tertiary/aromatic N) is 4. The summed E-state index contributed by atoms with van der Waals surface area (Å²) in [5, 5.41) is 8.72. The van der Waals surface area contributed by atoms with E-state index in [2.05, 4.69) is 5.32 Å². The zero-order valence-electron chi connectivity index (χ0n) is 19.9. The van der Waals surface area contributed by atoms with E-state index >= 15 is 0 Å². The largest absolute Gasteiger partial charge is 0.349 e. The maximum atomic E-state index is 13.1. The number of likely N-dealkylation sites (tertiary alicyclic amines) is 1. The van der Waals surface area contributed by atoms with Gasteiger partial charge in [-0.1, -0.05) is 12.1 Å². The molecule has 2 aromatic carbocycles. The number of carbonyl (C=O) groups is 2. The zero-order chi connectivity index (χ0) is 24.5. The van der Waals surface area contributed by atoms with Crippen LogP contribution in [-0.4, -0.2) is 50.4 Å². The minimum atomic E-state index is -0.368. The summed E-state index contributed by atoms with van der Waals surface area (Å²) in [6.45, 7) is 5.23. The number of halogens is 1. The fourth-order valence-corrected chi connectivity index (χ4v) is 4.87. The highest BCUT2D eigenvalue weighted by Crippen LogP contribution is 2.23. The third kappa shape index (κ3) is 4.60. The molecule has 1 saturated heterocycles. The molecule has 4 aromatic rings. The van der Waals surface area contributed by atoms with Gasteiger partial charge in [0, 0.05) is 47.9 Å². The van der Waals surface area contributed by atoms with E-state index in [-0.39, 0.29) is 23.7 Å². The number of fused-ring (bicyclic) bond motifs is 3. The number of rotatable bonds is 5. The van der Waals surface area contributed by atoms with Crippen LogP contribution >= 0.6 is 0 Å². The monoisotopic (exact) mass is 473 g/mol. The molecule has 2 aromatic heterocycles. The number of amides is 2. The summed E-state index contributed by atoms with van der Waals surface area (Å²) < 4.78 is 15.0. The Morgan fingerprint density at radius 1 is 1.06 bits per heavy atom. The molecule has 0 atom stereocenters. The molecule has 7 nitrogen and oxygen atoms in total. The van der Waals surface area contributed by atoms with E-state index in [1.54, 1.807) is 0 Å². The second kappa shape index (κ2) is 9.44. The van der Waals surface area contributed by atoms with Crippen molar-refractivity contribution in [2.75, 3.05) is 13.1 Å². The molecule has 0 radical (unpaired) electrons. The molecule has 5 rings (SSSR count). The first kappa shape index (κ1) is 23.0. The van der Waals surface area contributed by atoms with Crippen molar-refractivity contribution >= 4 is 28.4 Å². The molecule has 0 saturated carbocycles. The molecule has 3 heterocycles. The molecule has 1 N–H and O–H groups in total. The Bertz CT molecular complexity index is 1400. The quantitative estimate of drug-likeness (QED) is 0.475. The van der Waals surface area contributed by atoms with Crippen molar-refractivity contribution in [3.63, 3.8) is 0 Å². The molecule has 35 heavy (non-hydrogen) atoms. The van der Waals surface area contributed by atoms with E-state index < -0.39 is 0 Å². The van der Waals surface area contributed by atoms with Crippen molar-refractivity contribution < 1.29 is 14.0 Å². The van der Waals surface area contributed by atoms with Gasteiger partial charge in [0.15, 0.2) is 5.65 Å². The highest BCUT2D eigenvalue weighted by atomic mass is 19.1. The van der Waals surface area contributed by atoms with Crippen LogP contribution in [0, 0.1) is 19.7 Å². The third-order valence-corrected chi connectivity index (χ3v) is 6.90. The Morgan fingerprint density at radius 3 is 2.51 bits per heavy atom. The zero-order valence-corrected chi connectivity index (χ0v) is 19.9. The molecule has 1 fully saturated rings. The summed E-state index contributed by atoms with van der Waals surface area (Å²) in [6, 6.07) is 13.5. The summed E-state index contributed by atoms with van der Waals surface area (Å²) in [7, 11) is 0. The summed E-state index contributed by atoms with van der Waals surface area (Å²) in [5.41, 5.74) is 5.18. The van der Waals surface area contributed by atoms with E-state index in [4.69, 9.17) is 10.1 Å². The minimum absolute atomic E-state index is 0.00152. The topological polar surface area (TPSA) is 79.6 Å². The average molecular weight is 474 g/mol. The number of carbonyl (C=O) groups excluding carboxylic acids is 2. The maximum Gasteiger partial charge on any atom is 0.251 e. The second-order valence-electron chi connectivity index (χ2n) is 9.15. The molecule has 0 aliphatic carbocycles. The lowest BCUT2D eigenvalue weighted by Gasteiger charge is -2.32. The van der Waals surface area contributed by atoms with Crippen LogP contribution in [0.4, 0.5) is 4.39 Å². The lowest BCUT2D eigenvalue weighted by atomic mass is 10.0. The summed E-state index contributed by atoms with van der Waals surface area (Å²) in [6.07, 6.45) is 2.41. The highest BCUT2D eigenvalue weighted by Gasteiger charge is 2.24. The van der Waals surface area contributed by atoms with E-state index in [0.29, 0.717) is 44.3 Å². The number of nitrogens with one attached hydrogen (secondary N) is 1. The number of aryl methyl sites for hydroxylation is 2. The predicted molar refractivity (Wildman–Crippen MR) is 132 cm³/mol. The number of aromatic nitrogens is 3. The number of piperidine rings is 1. The fraction of sp³-hybridized carbons (Fsp3) is 0.333. The van der Waals surface area contributed by atoms with Crippen LogP contribution in [0.2, 0.25) is 0 Å². The van der Waals surface area contributed by atoms with Crippen molar-refractivity contribution in [2.45, 2.75) is 45.6 Å². The molecule has 1 aliphatic heterocycles. The number of hydrogen-bond donors (Lipinski definition) is 1. The van der Waals surface area contributed by atoms with Crippen LogP contribution < -0.4 is 5.32 Å². The fourth-order valence-electron chi connectivity index (χ4n) is 4.87. The normalized spacial score (nSPS) is 14.5. The Hall–Kier alpha value is -3.81.